The molecule has 0 saturated heterocycles. The molecule has 0 fully saturated rings. The Morgan fingerprint density at radius 2 is 1.91 bits per heavy atom. The van der Waals surface area contributed by atoms with Crippen LogP contribution in [0.15, 0.2) is 30.0 Å². The number of benzene rings is 1. The number of Topliss-reactive ketones (excluding diaryl/α,β-unsaturated/α-hetero) is 1. The maximum atomic E-state index is 13.0. The number of aromatic nitrogens is 1. The third kappa shape index (κ3) is 2.35. The van der Waals surface area contributed by atoms with Crippen molar-refractivity contribution in [2.45, 2.75) is 27.2 Å². The maximum Gasteiger partial charge on any atom is 0.169 e. The summed E-state index contributed by atoms with van der Waals surface area (Å²) < 4.78 is 13.0. The Hall–Kier alpha value is -2.01. The third-order valence-corrected chi connectivity index (χ3v) is 4.90. The molecule has 1 aliphatic rings. The van der Waals surface area contributed by atoms with Gasteiger partial charge < -0.3 is 5.11 Å². The van der Waals surface area contributed by atoms with Gasteiger partial charge in [-0.3, -0.25) is 4.79 Å². The van der Waals surface area contributed by atoms with E-state index in [0.29, 0.717) is 16.3 Å². The quantitative estimate of drug-likeness (QED) is 0.885. The molecule has 1 N–H and O–H groups in total. The summed E-state index contributed by atoms with van der Waals surface area (Å²) in [6.07, 6.45) is 0.289. The molecule has 0 atom stereocenters. The average Bonchev–Trinajstić information content (AvgIpc) is 2.89. The largest absolute Gasteiger partial charge is 0.511 e. The van der Waals surface area contributed by atoms with Gasteiger partial charge in [-0.05, 0) is 31.2 Å². The van der Waals surface area contributed by atoms with E-state index in [4.69, 9.17) is 0 Å². The number of halogens is 1. The lowest BCUT2D eigenvalue weighted by Gasteiger charge is -2.15. The fourth-order valence-corrected chi connectivity index (χ4v) is 3.56. The molecular weight excluding hydrogens is 301 g/mol. The van der Waals surface area contributed by atoms with Crippen LogP contribution in [0.5, 0.6) is 0 Å². The van der Waals surface area contributed by atoms with Crippen molar-refractivity contribution in [3.8, 4) is 10.6 Å². The van der Waals surface area contributed by atoms with Gasteiger partial charge in [-0.1, -0.05) is 13.8 Å². The number of aliphatic hydroxyl groups is 1. The van der Waals surface area contributed by atoms with Gasteiger partial charge in [0.05, 0.1) is 11.3 Å². The molecule has 0 saturated carbocycles. The Morgan fingerprint density at radius 1 is 1.27 bits per heavy atom. The summed E-state index contributed by atoms with van der Waals surface area (Å²) in [5, 5.41) is 11.1. The van der Waals surface area contributed by atoms with Crippen LogP contribution in [0.3, 0.4) is 0 Å². The van der Waals surface area contributed by atoms with Gasteiger partial charge in [0.25, 0.3) is 0 Å². The fourth-order valence-electron chi connectivity index (χ4n) is 2.63. The molecule has 22 heavy (non-hydrogen) atoms. The van der Waals surface area contributed by atoms with E-state index in [2.05, 4.69) is 4.98 Å². The monoisotopic (exact) mass is 317 g/mol. The Labute approximate surface area is 132 Å². The van der Waals surface area contributed by atoms with Crippen molar-refractivity contribution in [2.75, 3.05) is 0 Å². The average molecular weight is 317 g/mol. The van der Waals surface area contributed by atoms with Gasteiger partial charge >= 0.3 is 0 Å². The lowest BCUT2D eigenvalue weighted by atomic mass is 9.91. The molecule has 3 rings (SSSR count). The summed E-state index contributed by atoms with van der Waals surface area (Å²) in [4.78, 5) is 17.6. The van der Waals surface area contributed by atoms with Gasteiger partial charge in [0.2, 0.25) is 0 Å². The van der Waals surface area contributed by atoms with Gasteiger partial charge in [0, 0.05) is 22.3 Å². The summed E-state index contributed by atoms with van der Waals surface area (Å²) in [6, 6.07) is 6.08. The summed E-state index contributed by atoms with van der Waals surface area (Å²) in [5.41, 5.74) is 1.12. The zero-order valence-electron chi connectivity index (χ0n) is 12.6. The van der Waals surface area contributed by atoms with Gasteiger partial charge in [0.1, 0.15) is 16.6 Å². The van der Waals surface area contributed by atoms with Gasteiger partial charge in [-0.15, -0.1) is 11.3 Å². The zero-order valence-corrected chi connectivity index (χ0v) is 13.4. The van der Waals surface area contributed by atoms with Crippen LogP contribution in [0, 0.1) is 18.2 Å². The number of allylic oxidation sites excluding steroid dienone is 2. The van der Waals surface area contributed by atoms with Crippen molar-refractivity contribution < 1.29 is 14.3 Å². The number of ketones is 1. The molecule has 114 valence electrons. The maximum absolute atomic E-state index is 13.0. The van der Waals surface area contributed by atoms with Crippen molar-refractivity contribution in [3.05, 3.63) is 46.4 Å². The highest BCUT2D eigenvalue weighted by Crippen LogP contribution is 2.44. The van der Waals surface area contributed by atoms with Crippen molar-refractivity contribution in [1.29, 1.82) is 0 Å². The summed E-state index contributed by atoms with van der Waals surface area (Å²) >= 11 is 1.43. The first-order valence-electron chi connectivity index (χ1n) is 7.00. The van der Waals surface area contributed by atoms with Crippen molar-refractivity contribution in [1.82, 2.24) is 4.98 Å². The molecule has 1 aliphatic carbocycles. The van der Waals surface area contributed by atoms with Crippen LogP contribution in [-0.2, 0) is 4.79 Å². The van der Waals surface area contributed by atoms with Crippen LogP contribution in [0.4, 0.5) is 4.39 Å². The molecule has 0 bridgehead atoms. The minimum absolute atomic E-state index is 0.0819. The number of carbonyl (C=O) groups is 1. The topological polar surface area (TPSA) is 50.2 Å². The van der Waals surface area contributed by atoms with Crippen LogP contribution in [0.2, 0.25) is 0 Å². The van der Waals surface area contributed by atoms with E-state index in [0.717, 1.165) is 10.4 Å². The molecule has 1 heterocycles. The minimum atomic E-state index is -0.543. The van der Waals surface area contributed by atoms with Crippen LogP contribution in [0.25, 0.3) is 16.1 Å². The summed E-state index contributed by atoms with van der Waals surface area (Å²) in [7, 11) is 0. The molecule has 1 aromatic carbocycles. The first kappa shape index (κ1) is 14.9. The van der Waals surface area contributed by atoms with Crippen molar-refractivity contribution in [2.24, 2.45) is 5.41 Å². The summed E-state index contributed by atoms with van der Waals surface area (Å²) in [6.45, 7) is 5.56. The van der Waals surface area contributed by atoms with E-state index in [1.54, 1.807) is 12.1 Å². The molecule has 3 nitrogen and oxygen atoms in total. The van der Waals surface area contributed by atoms with Crippen LogP contribution < -0.4 is 0 Å². The number of carbonyl (C=O) groups excluding carboxylic acids is 1. The molecule has 0 amide bonds. The zero-order chi connectivity index (χ0) is 16.1. The second-order valence-corrected chi connectivity index (χ2v) is 7.34. The molecule has 1 aromatic heterocycles. The standard InChI is InChI=1S/C17H16FNO2S/c1-9-14(13-12(20)8-17(2,3)15(13)21)19-16(22-9)10-4-6-11(18)7-5-10/h4-7,21H,8H2,1-3H3. The Morgan fingerprint density at radius 3 is 2.45 bits per heavy atom. The highest BCUT2D eigenvalue weighted by molar-refractivity contribution is 7.15. The number of rotatable bonds is 2. The summed E-state index contributed by atoms with van der Waals surface area (Å²) in [5.74, 6) is -0.275. The van der Waals surface area contributed by atoms with Crippen LogP contribution in [0.1, 0.15) is 30.8 Å². The number of hydrogen-bond donors (Lipinski definition) is 1. The predicted octanol–water partition coefficient (Wildman–Crippen LogP) is 4.53. The first-order valence-corrected chi connectivity index (χ1v) is 7.82. The number of hydrogen-bond acceptors (Lipinski definition) is 4. The van der Waals surface area contributed by atoms with Crippen molar-refractivity contribution >= 4 is 22.7 Å². The number of aliphatic hydroxyl groups excluding tert-OH is 1. The van der Waals surface area contributed by atoms with Crippen molar-refractivity contribution in [3.63, 3.8) is 0 Å². The van der Waals surface area contributed by atoms with Gasteiger partial charge in [0.15, 0.2) is 5.78 Å². The van der Waals surface area contributed by atoms with Crippen LogP contribution in [-0.4, -0.2) is 15.9 Å². The van der Waals surface area contributed by atoms with E-state index in [-0.39, 0.29) is 23.8 Å². The lowest BCUT2D eigenvalue weighted by molar-refractivity contribution is -0.114. The molecule has 2 aromatic rings. The highest BCUT2D eigenvalue weighted by Gasteiger charge is 2.40. The molecule has 0 spiro atoms. The van der Waals surface area contributed by atoms with E-state index < -0.39 is 5.41 Å². The SMILES string of the molecule is Cc1sc(-c2ccc(F)cc2)nc1C1=C(O)C(C)(C)CC1=O. The lowest BCUT2D eigenvalue weighted by Crippen LogP contribution is -2.10. The van der Waals surface area contributed by atoms with E-state index in [1.165, 1.54) is 23.5 Å². The Kier molecular flexibility index (Phi) is 3.40. The first-order chi connectivity index (χ1) is 10.3. The van der Waals surface area contributed by atoms with E-state index in [9.17, 15) is 14.3 Å². The Balaban J connectivity index is 2.09. The smallest absolute Gasteiger partial charge is 0.169 e. The highest BCUT2D eigenvalue weighted by atomic mass is 32.1. The number of thiazole rings is 1. The van der Waals surface area contributed by atoms with Gasteiger partial charge in [-0.2, -0.15) is 0 Å². The minimum Gasteiger partial charge on any atom is -0.511 e. The number of nitrogens with zero attached hydrogens (tertiary/aromatic N) is 1. The molecule has 0 unspecified atom stereocenters. The second-order valence-electron chi connectivity index (χ2n) is 6.14. The van der Waals surface area contributed by atoms with E-state index in [1.807, 2.05) is 20.8 Å². The molecular formula is C17H16FNO2S. The fraction of sp³-hybridized carbons (Fsp3) is 0.294. The molecule has 0 radical (unpaired) electrons. The molecule has 0 aliphatic heterocycles. The van der Waals surface area contributed by atoms with Crippen LogP contribution >= 0.6 is 11.3 Å². The number of aryl methyl sites for hydroxylation is 1. The third-order valence-electron chi connectivity index (χ3n) is 3.88. The normalized spacial score (nSPS) is 17.4. The predicted molar refractivity (Wildman–Crippen MR) is 85.2 cm³/mol. The Bertz CT molecular complexity index is 787. The van der Waals surface area contributed by atoms with Gasteiger partial charge in [-0.25, -0.2) is 9.37 Å². The molecule has 5 heteroatoms. The van der Waals surface area contributed by atoms with E-state index >= 15 is 0 Å². The second kappa shape index (κ2) is 5.02.